The van der Waals surface area contributed by atoms with E-state index in [4.69, 9.17) is 4.74 Å². The second-order valence-corrected chi connectivity index (χ2v) is 7.17. The molecule has 0 unspecified atom stereocenters. The molecule has 2 aromatic heterocycles. The Morgan fingerprint density at radius 1 is 1.00 bits per heavy atom. The molecule has 0 radical (unpaired) electrons. The first kappa shape index (κ1) is 20.4. The number of hydrogen-bond acceptors (Lipinski definition) is 5. The molecule has 0 spiro atoms. The molecule has 0 atom stereocenters. The van der Waals surface area contributed by atoms with Crippen molar-refractivity contribution in [2.75, 3.05) is 0 Å². The van der Waals surface area contributed by atoms with Crippen molar-refractivity contribution >= 4 is 16.9 Å². The van der Waals surface area contributed by atoms with Crippen molar-refractivity contribution in [3.05, 3.63) is 94.7 Å². The Labute approximate surface area is 179 Å². The molecular formula is C24H21FN4O2. The molecular weight excluding hydrogens is 395 g/mol. The molecule has 2 heterocycles. The molecule has 2 aromatic carbocycles. The fourth-order valence-electron chi connectivity index (χ4n) is 3.12. The van der Waals surface area contributed by atoms with Crippen molar-refractivity contribution in [3.63, 3.8) is 0 Å². The van der Waals surface area contributed by atoms with Gasteiger partial charge in [0.25, 0.3) is 5.91 Å². The molecule has 0 saturated carbocycles. The van der Waals surface area contributed by atoms with Gasteiger partial charge >= 0.3 is 0 Å². The lowest BCUT2D eigenvalue weighted by molar-refractivity contribution is 0.0952. The van der Waals surface area contributed by atoms with Gasteiger partial charge in [-0.2, -0.15) is 0 Å². The van der Waals surface area contributed by atoms with Gasteiger partial charge in [0.15, 0.2) is 0 Å². The van der Waals surface area contributed by atoms with Gasteiger partial charge in [0.1, 0.15) is 17.9 Å². The summed E-state index contributed by atoms with van der Waals surface area (Å²) < 4.78 is 19.8. The van der Waals surface area contributed by atoms with Gasteiger partial charge in [-0.05, 0) is 37.1 Å². The zero-order valence-electron chi connectivity index (χ0n) is 17.2. The topological polar surface area (TPSA) is 77.0 Å². The van der Waals surface area contributed by atoms with E-state index in [9.17, 15) is 9.18 Å². The number of aromatic nitrogens is 3. The van der Waals surface area contributed by atoms with Gasteiger partial charge in [0, 0.05) is 24.9 Å². The zero-order valence-corrected chi connectivity index (χ0v) is 17.2. The lowest BCUT2D eigenvalue weighted by Gasteiger charge is -2.10. The Balaban J connectivity index is 1.47. The van der Waals surface area contributed by atoms with E-state index in [-0.39, 0.29) is 12.1 Å². The number of hydrogen-bond donors (Lipinski definition) is 1. The van der Waals surface area contributed by atoms with Gasteiger partial charge < -0.3 is 10.1 Å². The number of rotatable bonds is 6. The van der Waals surface area contributed by atoms with Crippen LogP contribution >= 0.6 is 0 Å². The van der Waals surface area contributed by atoms with Crippen molar-refractivity contribution in [1.29, 1.82) is 0 Å². The number of carbonyl (C=O) groups is 1. The fourth-order valence-corrected chi connectivity index (χ4v) is 3.12. The quantitative estimate of drug-likeness (QED) is 0.507. The van der Waals surface area contributed by atoms with E-state index in [0.717, 1.165) is 11.1 Å². The first-order valence-corrected chi connectivity index (χ1v) is 9.84. The number of ether oxygens (including phenoxy) is 1. The van der Waals surface area contributed by atoms with E-state index in [1.165, 1.54) is 12.1 Å². The minimum absolute atomic E-state index is 0.153. The predicted octanol–water partition coefficient (Wildman–Crippen LogP) is 4.29. The van der Waals surface area contributed by atoms with Crippen LogP contribution in [-0.2, 0) is 13.2 Å². The highest BCUT2D eigenvalue weighted by atomic mass is 19.1. The van der Waals surface area contributed by atoms with Gasteiger partial charge in [-0.15, -0.1) is 0 Å². The van der Waals surface area contributed by atoms with Crippen LogP contribution in [0.5, 0.6) is 5.88 Å². The average molecular weight is 416 g/mol. The van der Waals surface area contributed by atoms with Gasteiger partial charge in [-0.25, -0.2) is 19.3 Å². The summed E-state index contributed by atoms with van der Waals surface area (Å²) in [6.45, 7) is 4.24. The summed E-state index contributed by atoms with van der Waals surface area (Å²) in [5, 5.41) is 2.81. The van der Waals surface area contributed by atoms with Crippen molar-refractivity contribution < 1.29 is 13.9 Å². The van der Waals surface area contributed by atoms with E-state index in [2.05, 4.69) is 20.3 Å². The second-order valence-electron chi connectivity index (χ2n) is 7.17. The largest absolute Gasteiger partial charge is 0.473 e. The van der Waals surface area contributed by atoms with Crippen LogP contribution in [0.1, 0.15) is 32.9 Å². The van der Waals surface area contributed by atoms with Crippen LogP contribution in [0.15, 0.2) is 60.8 Å². The minimum Gasteiger partial charge on any atom is -0.473 e. The third kappa shape index (κ3) is 4.83. The molecule has 6 nitrogen and oxygen atoms in total. The van der Waals surface area contributed by atoms with Crippen molar-refractivity contribution in [3.8, 4) is 5.88 Å². The molecule has 0 aliphatic rings. The van der Waals surface area contributed by atoms with Crippen LogP contribution in [-0.4, -0.2) is 20.9 Å². The fraction of sp³-hybridized carbons (Fsp3) is 0.167. The van der Waals surface area contributed by atoms with Gasteiger partial charge in [-0.1, -0.05) is 30.3 Å². The van der Waals surface area contributed by atoms with Crippen LogP contribution in [0.25, 0.3) is 11.0 Å². The standard InChI is InChI=1S/C24H21FN4O2/c1-15-16(2)29-23-20(11-19(25)12-21(23)28-15)24(30)27-13-18-8-9-26-22(10-18)31-14-17-6-4-3-5-7-17/h3-12H,13-14H2,1-2H3,(H,27,30). The molecule has 4 aromatic rings. The number of nitrogens with one attached hydrogen (secondary N) is 1. The smallest absolute Gasteiger partial charge is 0.253 e. The summed E-state index contributed by atoms with van der Waals surface area (Å²) in [5.74, 6) is -0.495. The maximum Gasteiger partial charge on any atom is 0.253 e. The zero-order chi connectivity index (χ0) is 21.8. The maximum absolute atomic E-state index is 14.1. The molecule has 0 aliphatic heterocycles. The molecule has 1 N–H and O–H groups in total. The number of amides is 1. The molecule has 0 fully saturated rings. The highest BCUT2D eigenvalue weighted by Gasteiger charge is 2.15. The van der Waals surface area contributed by atoms with Crippen LogP contribution in [0, 0.1) is 19.7 Å². The van der Waals surface area contributed by atoms with Crippen molar-refractivity contribution in [2.45, 2.75) is 27.0 Å². The summed E-state index contributed by atoms with van der Waals surface area (Å²) in [4.78, 5) is 25.8. The van der Waals surface area contributed by atoms with Crippen LogP contribution in [0.3, 0.4) is 0 Å². The van der Waals surface area contributed by atoms with Crippen molar-refractivity contribution in [2.24, 2.45) is 0 Å². The Hall–Kier alpha value is -3.87. The first-order chi connectivity index (χ1) is 15.0. The summed E-state index contributed by atoms with van der Waals surface area (Å²) in [6, 6.07) is 15.8. The molecule has 156 valence electrons. The number of pyridine rings is 1. The SMILES string of the molecule is Cc1nc2cc(F)cc(C(=O)NCc3ccnc(OCc4ccccc4)c3)c2nc1C. The monoisotopic (exact) mass is 416 g/mol. The van der Waals surface area contributed by atoms with E-state index >= 15 is 0 Å². The third-order valence-corrected chi connectivity index (χ3v) is 4.87. The summed E-state index contributed by atoms with van der Waals surface area (Å²) in [7, 11) is 0. The molecule has 31 heavy (non-hydrogen) atoms. The third-order valence-electron chi connectivity index (χ3n) is 4.87. The Morgan fingerprint density at radius 2 is 1.77 bits per heavy atom. The average Bonchev–Trinajstić information content (AvgIpc) is 2.78. The lowest BCUT2D eigenvalue weighted by atomic mass is 10.1. The molecule has 0 bridgehead atoms. The molecule has 0 saturated heterocycles. The van der Waals surface area contributed by atoms with E-state index < -0.39 is 11.7 Å². The van der Waals surface area contributed by atoms with Crippen LogP contribution in [0.2, 0.25) is 0 Å². The molecule has 0 aliphatic carbocycles. The van der Waals surface area contributed by atoms with E-state index in [0.29, 0.717) is 34.9 Å². The maximum atomic E-state index is 14.1. The van der Waals surface area contributed by atoms with Gasteiger partial charge in [0.2, 0.25) is 5.88 Å². The van der Waals surface area contributed by atoms with Crippen molar-refractivity contribution in [1.82, 2.24) is 20.3 Å². The number of benzene rings is 2. The number of carbonyl (C=O) groups excluding carboxylic acids is 1. The second kappa shape index (κ2) is 8.87. The summed E-state index contributed by atoms with van der Waals surface area (Å²) >= 11 is 0. The molecule has 7 heteroatoms. The Kier molecular flexibility index (Phi) is 5.84. The number of halogens is 1. The van der Waals surface area contributed by atoms with Gasteiger partial charge in [0.05, 0.1) is 22.5 Å². The van der Waals surface area contributed by atoms with E-state index in [1.807, 2.05) is 30.3 Å². The highest BCUT2D eigenvalue weighted by molar-refractivity contribution is 6.04. The van der Waals surface area contributed by atoms with E-state index in [1.54, 1.807) is 32.2 Å². The lowest BCUT2D eigenvalue weighted by Crippen LogP contribution is -2.23. The first-order valence-electron chi connectivity index (χ1n) is 9.84. The number of fused-ring (bicyclic) bond motifs is 1. The Bertz CT molecular complexity index is 1250. The van der Waals surface area contributed by atoms with Crippen LogP contribution in [0.4, 0.5) is 4.39 Å². The molecule has 4 rings (SSSR count). The number of aryl methyl sites for hydroxylation is 2. The molecule has 1 amide bonds. The minimum atomic E-state index is -0.532. The van der Waals surface area contributed by atoms with Crippen LogP contribution < -0.4 is 10.1 Å². The number of nitrogens with zero attached hydrogens (tertiary/aromatic N) is 3. The summed E-state index contributed by atoms with van der Waals surface area (Å²) in [6.07, 6.45) is 1.62. The highest BCUT2D eigenvalue weighted by Crippen LogP contribution is 2.19. The predicted molar refractivity (Wildman–Crippen MR) is 115 cm³/mol. The summed E-state index contributed by atoms with van der Waals surface area (Å²) in [5.41, 5.74) is 4.13. The Morgan fingerprint density at radius 3 is 2.58 bits per heavy atom. The van der Waals surface area contributed by atoms with Gasteiger partial charge in [-0.3, -0.25) is 4.79 Å². The normalized spacial score (nSPS) is 10.8.